The lowest BCUT2D eigenvalue weighted by Gasteiger charge is -2.27. The number of rotatable bonds is 21. The van der Waals surface area contributed by atoms with E-state index in [4.69, 9.17) is 18.9 Å². The van der Waals surface area contributed by atoms with E-state index in [9.17, 15) is 27.2 Å². The van der Waals surface area contributed by atoms with Crippen LogP contribution in [-0.2, 0) is 33.8 Å². The smallest absolute Gasteiger partial charge is 0.387 e. The summed E-state index contributed by atoms with van der Waals surface area (Å²) in [7, 11) is 1.68. The van der Waals surface area contributed by atoms with Crippen molar-refractivity contribution in [2.24, 2.45) is 0 Å². The molecule has 0 spiro atoms. The number of pyridine rings is 2. The summed E-state index contributed by atoms with van der Waals surface area (Å²) in [5.41, 5.74) is 5.53. The van der Waals surface area contributed by atoms with Crippen LogP contribution in [0.3, 0.4) is 0 Å². The van der Waals surface area contributed by atoms with Crippen molar-refractivity contribution >= 4 is 34.6 Å². The number of amides is 1. The third-order valence-electron chi connectivity index (χ3n) is 11.4. The molecule has 1 N–H and O–H groups in total. The number of halogens is 4. The summed E-state index contributed by atoms with van der Waals surface area (Å²) in [6, 6.07) is 32.6. The Morgan fingerprint density at radius 2 is 1.27 bits per heavy atom. The predicted octanol–water partition coefficient (Wildman–Crippen LogP) is 11.1. The molecule has 368 valence electrons. The highest BCUT2D eigenvalue weighted by atomic mass is 19.3. The Balaban J connectivity index is 0.000000207. The van der Waals surface area contributed by atoms with Crippen molar-refractivity contribution in [3.63, 3.8) is 0 Å². The van der Waals surface area contributed by atoms with Gasteiger partial charge in [-0.05, 0) is 116 Å². The first-order chi connectivity index (χ1) is 34.0. The summed E-state index contributed by atoms with van der Waals surface area (Å²) in [5.74, 6) is 0.920. The number of nitrogens with one attached hydrogen (secondary N) is 1. The van der Waals surface area contributed by atoms with Crippen molar-refractivity contribution in [1.29, 1.82) is 0 Å². The number of nitrogens with zero attached hydrogens (tertiary/aromatic N) is 4. The lowest BCUT2D eigenvalue weighted by Crippen LogP contribution is -2.30. The summed E-state index contributed by atoms with van der Waals surface area (Å²) in [5, 5.41) is 2.96. The van der Waals surface area contributed by atoms with Crippen LogP contribution in [0.5, 0.6) is 28.7 Å². The van der Waals surface area contributed by atoms with Crippen molar-refractivity contribution in [2.75, 3.05) is 30.1 Å². The average molecular weight is 966 g/mol. The SMILES string of the molecule is CCOC(=O)Cc1cccc(N(Cc2cccnc2)c2ccc(OC(F)F)c(OC(F)F)c2)c1.COc1ccc(N(Cc2cccnc2)c2cccc(OC[C@@H]3CCC(=O)N3)c2)cc1OC1CCCC1. The highest BCUT2D eigenvalue weighted by Crippen LogP contribution is 2.40. The van der Waals surface area contributed by atoms with E-state index >= 15 is 0 Å². The van der Waals surface area contributed by atoms with Crippen LogP contribution in [-0.4, -0.2) is 67.5 Å². The summed E-state index contributed by atoms with van der Waals surface area (Å²) in [6.07, 6.45) is 13.1. The number of hydrogen-bond donors (Lipinski definition) is 1. The van der Waals surface area contributed by atoms with E-state index in [0.717, 1.165) is 65.1 Å². The zero-order chi connectivity index (χ0) is 49.2. The summed E-state index contributed by atoms with van der Waals surface area (Å²) in [6.45, 7) is -3.13. The van der Waals surface area contributed by atoms with E-state index < -0.39 is 24.7 Å². The molecule has 70 heavy (non-hydrogen) atoms. The number of alkyl halides is 4. The maximum atomic E-state index is 12.9. The van der Waals surface area contributed by atoms with E-state index in [-0.39, 0.29) is 43.6 Å². The molecule has 1 atom stereocenters. The number of anilines is 4. The highest BCUT2D eigenvalue weighted by Gasteiger charge is 2.24. The molecule has 1 amide bonds. The lowest BCUT2D eigenvalue weighted by molar-refractivity contribution is -0.142. The van der Waals surface area contributed by atoms with Gasteiger partial charge in [0.05, 0.1) is 32.3 Å². The van der Waals surface area contributed by atoms with Gasteiger partial charge in [0, 0.05) is 85.2 Å². The topological polar surface area (TPSA) is 134 Å². The van der Waals surface area contributed by atoms with Gasteiger partial charge in [-0.15, -0.1) is 0 Å². The van der Waals surface area contributed by atoms with Crippen LogP contribution < -0.4 is 38.8 Å². The molecular formula is C53H55F4N5O8. The fourth-order valence-corrected chi connectivity index (χ4v) is 8.12. The van der Waals surface area contributed by atoms with Crippen LogP contribution in [0.1, 0.15) is 62.1 Å². The second-order valence-corrected chi connectivity index (χ2v) is 16.4. The molecule has 2 fully saturated rings. The summed E-state index contributed by atoms with van der Waals surface area (Å²) >= 11 is 0. The first-order valence-electron chi connectivity index (χ1n) is 23.0. The number of esters is 1. The van der Waals surface area contributed by atoms with Crippen LogP contribution in [0.25, 0.3) is 0 Å². The Morgan fingerprint density at radius 1 is 0.686 bits per heavy atom. The van der Waals surface area contributed by atoms with Gasteiger partial charge >= 0.3 is 19.2 Å². The van der Waals surface area contributed by atoms with Crippen LogP contribution >= 0.6 is 0 Å². The van der Waals surface area contributed by atoms with E-state index in [1.54, 1.807) is 67.9 Å². The molecule has 8 rings (SSSR count). The molecule has 1 aliphatic carbocycles. The Morgan fingerprint density at radius 3 is 1.86 bits per heavy atom. The first kappa shape index (κ1) is 50.3. The van der Waals surface area contributed by atoms with Crippen LogP contribution in [0.4, 0.5) is 40.3 Å². The Hall–Kier alpha value is -7.56. The van der Waals surface area contributed by atoms with Gasteiger partial charge in [-0.2, -0.15) is 17.6 Å². The number of ether oxygens (including phenoxy) is 6. The molecule has 13 nitrogen and oxygen atoms in total. The molecule has 2 aliphatic rings. The fraction of sp³-hybridized carbons (Fsp3) is 0.321. The highest BCUT2D eigenvalue weighted by molar-refractivity contribution is 5.78. The molecule has 3 heterocycles. The van der Waals surface area contributed by atoms with Crippen molar-refractivity contribution in [3.8, 4) is 28.7 Å². The fourth-order valence-electron chi connectivity index (χ4n) is 8.12. The number of carbonyl (C=O) groups excluding carboxylic acids is 2. The van der Waals surface area contributed by atoms with Gasteiger partial charge < -0.3 is 43.5 Å². The number of aromatic nitrogens is 2. The van der Waals surface area contributed by atoms with E-state index in [2.05, 4.69) is 53.9 Å². The minimum atomic E-state index is -3.24. The number of carbonyl (C=O) groups is 2. The predicted molar refractivity (Wildman–Crippen MR) is 256 cm³/mol. The third kappa shape index (κ3) is 14.7. The Kier molecular flexibility index (Phi) is 18.1. The standard InChI is InChI=1S/C29H33N3O4.C24H22F4N2O4/c1-34-27-13-12-24(17-28(27)36-25-8-2-3-9-25)32(19-21-6-5-15-30-18-21)23-7-4-10-26(16-23)35-20-22-11-14-29(33)31-22;1-2-32-22(31)12-16-5-3-7-18(11-16)30(15-17-6-4-10-29-14-17)19-8-9-20(33-23(25)26)21(13-19)34-24(27)28/h4-7,10,12-13,15-18,22,25H,2-3,8-9,11,14,19-20H2,1H3,(H,31,33);3-11,13-14,23-24H,2,12,15H2,1H3/t22-;/m0./s1. The molecule has 0 radical (unpaired) electrons. The van der Waals surface area contributed by atoms with Gasteiger partial charge in [-0.25, -0.2) is 0 Å². The van der Waals surface area contributed by atoms with E-state index in [1.807, 2.05) is 42.6 Å². The Bertz CT molecular complexity index is 2610. The quantitative estimate of drug-likeness (QED) is 0.0544. The molecule has 6 aromatic rings. The minimum absolute atomic E-state index is 0.0450. The third-order valence-corrected chi connectivity index (χ3v) is 11.4. The first-order valence-corrected chi connectivity index (χ1v) is 23.0. The number of benzene rings is 4. The normalized spacial score (nSPS) is 14.3. The van der Waals surface area contributed by atoms with E-state index in [1.165, 1.54) is 25.0 Å². The van der Waals surface area contributed by atoms with Gasteiger partial charge in [-0.1, -0.05) is 30.3 Å². The van der Waals surface area contributed by atoms with Gasteiger partial charge in [0.1, 0.15) is 12.4 Å². The zero-order valence-electron chi connectivity index (χ0n) is 38.9. The molecule has 0 bridgehead atoms. The van der Waals surface area contributed by atoms with Crippen molar-refractivity contribution < 1.29 is 55.6 Å². The van der Waals surface area contributed by atoms with Gasteiger partial charge in [0.15, 0.2) is 23.0 Å². The zero-order valence-corrected chi connectivity index (χ0v) is 38.9. The molecule has 1 saturated heterocycles. The lowest BCUT2D eigenvalue weighted by atomic mass is 10.1. The summed E-state index contributed by atoms with van der Waals surface area (Å²) in [4.78, 5) is 35.8. The molecule has 17 heteroatoms. The molecular weight excluding hydrogens is 911 g/mol. The van der Waals surface area contributed by atoms with Crippen LogP contribution in [0.15, 0.2) is 134 Å². The van der Waals surface area contributed by atoms with Crippen molar-refractivity contribution in [1.82, 2.24) is 15.3 Å². The number of methoxy groups -OCH3 is 1. The molecule has 1 saturated carbocycles. The second-order valence-electron chi connectivity index (χ2n) is 16.4. The van der Waals surface area contributed by atoms with Crippen molar-refractivity contribution in [2.45, 2.75) is 90.3 Å². The van der Waals surface area contributed by atoms with Gasteiger partial charge in [-0.3, -0.25) is 19.6 Å². The molecule has 1 aliphatic heterocycles. The molecule has 4 aromatic carbocycles. The van der Waals surface area contributed by atoms with Gasteiger partial charge in [0.25, 0.3) is 0 Å². The Labute approximate surface area is 404 Å². The van der Waals surface area contributed by atoms with Crippen LogP contribution in [0.2, 0.25) is 0 Å². The largest absolute Gasteiger partial charge is 0.493 e. The molecule has 0 unspecified atom stereocenters. The summed E-state index contributed by atoms with van der Waals surface area (Å²) < 4.78 is 83.2. The van der Waals surface area contributed by atoms with Crippen molar-refractivity contribution in [3.05, 3.63) is 151 Å². The van der Waals surface area contributed by atoms with Gasteiger partial charge in [0.2, 0.25) is 5.91 Å². The monoisotopic (exact) mass is 965 g/mol. The second kappa shape index (κ2) is 25.2. The average Bonchev–Trinajstić information content (AvgIpc) is 4.04. The maximum Gasteiger partial charge on any atom is 0.387 e. The maximum absolute atomic E-state index is 12.9. The number of hydrogen-bond acceptors (Lipinski definition) is 12. The van der Waals surface area contributed by atoms with Crippen LogP contribution in [0, 0.1) is 0 Å². The van der Waals surface area contributed by atoms with E-state index in [0.29, 0.717) is 36.5 Å². The minimum Gasteiger partial charge on any atom is -0.493 e. The molecule has 2 aromatic heterocycles.